The Balaban J connectivity index is 2.31. The standard InChI is InChI=1S/C20H26N2O3/c1-6-15-11-12-21-18(13-15)22(19(23)25-20(2,3)4)14-16-7-9-17(24-5)10-8-16/h7-13H,6,14H2,1-5H3. The first kappa shape index (κ1) is 18.8. The highest BCUT2D eigenvalue weighted by Gasteiger charge is 2.24. The maximum Gasteiger partial charge on any atom is 0.416 e. The molecule has 1 amide bonds. The lowest BCUT2D eigenvalue weighted by Gasteiger charge is -2.27. The lowest BCUT2D eigenvalue weighted by molar-refractivity contribution is 0.0576. The average Bonchev–Trinajstić information content (AvgIpc) is 2.58. The number of methoxy groups -OCH3 is 1. The molecule has 5 nitrogen and oxygen atoms in total. The molecule has 0 atom stereocenters. The molecule has 0 unspecified atom stereocenters. The maximum atomic E-state index is 12.7. The third-order valence-corrected chi connectivity index (χ3v) is 3.61. The molecular weight excluding hydrogens is 316 g/mol. The quantitative estimate of drug-likeness (QED) is 0.797. The van der Waals surface area contributed by atoms with E-state index in [2.05, 4.69) is 11.9 Å². The Labute approximate surface area is 149 Å². The topological polar surface area (TPSA) is 51.7 Å². The molecule has 0 aliphatic rings. The van der Waals surface area contributed by atoms with Crippen LogP contribution in [0, 0.1) is 0 Å². The van der Waals surface area contributed by atoms with Gasteiger partial charge in [-0.3, -0.25) is 4.90 Å². The van der Waals surface area contributed by atoms with Crippen LogP contribution in [0.3, 0.4) is 0 Å². The molecule has 25 heavy (non-hydrogen) atoms. The molecule has 0 bridgehead atoms. The minimum atomic E-state index is -0.572. The Morgan fingerprint density at radius 1 is 1.12 bits per heavy atom. The fraction of sp³-hybridized carbons (Fsp3) is 0.400. The highest BCUT2D eigenvalue weighted by molar-refractivity contribution is 5.86. The molecule has 0 radical (unpaired) electrons. The van der Waals surface area contributed by atoms with E-state index in [-0.39, 0.29) is 0 Å². The normalized spacial score (nSPS) is 11.1. The van der Waals surface area contributed by atoms with Crippen molar-refractivity contribution in [3.05, 3.63) is 53.7 Å². The second-order valence-corrected chi connectivity index (χ2v) is 6.79. The van der Waals surface area contributed by atoms with Crippen LogP contribution >= 0.6 is 0 Å². The van der Waals surface area contributed by atoms with Crippen molar-refractivity contribution in [2.45, 2.75) is 46.3 Å². The third kappa shape index (κ3) is 5.48. The summed E-state index contributed by atoms with van der Waals surface area (Å²) in [5, 5.41) is 0. The molecule has 0 saturated carbocycles. The van der Waals surface area contributed by atoms with E-state index in [9.17, 15) is 4.79 Å². The summed E-state index contributed by atoms with van der Waals surface area (Å²) in [4.78, 5) is 18.7. The first-order chi connectivity index (χ1) is 11.8. The van der Waals surface area contributed by atoms with Crippen molar-refractivity contribution in [3.63, 3.8) is 0 Å². The van der Waals surface area contributed by atoms with Crippen molar-refractivity contribution in [1.29, 1.82) is 0 Å². The van der Waals surface area contributed by atoms with Crippen molar-refractivity contribution >= 4 is 11.9 Å². The minimum Gasteiger partial charge on any atom is -0.497 e. The van der Waals surface area contributed by atoms with Crippen molar-refractivity contribution in [3.8, 4) is 5.75 Å². The molecule has 1 heterocycles. The first-order valence-electron chi connectivity index (χ1n) is 8.40. The first-order valence-corrected chi connectivity index (χ1v) is 8.40. The van der Waals surface area contributed by atoms with E-state index in [1.165, 1.54) is 0 Å². The van der Waals surface area contributed by atoms with Gasteiger partial charge in [-0.15, -0.1) is 0 Å². The zero-order valence-electron chi connectivity index (χ0n) is 15.6. The van der Waals surface area contributed by atoms with Crippen LogP contribution in [0.4, 0.5) is 10.6 Å². The number of hydrogen-bond acceptors (Lipinski definition) is 4. The number of nitrogens with zero attached hydrogens (tertiary/aromatic N) is 2. The second-order valence-electron chi connectivity index (χ2n) is 6.79. The fourth-order valence-electron chi connectivity index (χ4n) is 2.30. The number of ether oxygens (including phenoxy) is 2. The van der Waals surface area contributed by atoms with Crippen molar-refractivity contribution < 1.29 is 14.3 Å². The zero-order chi connectivity index (χ0) is 18.4. The third-order valence-electron chi connectivity index (χ3n) is 3.61. The number of aryl methyl sites for hydroxylation is 1. The zero-order valence-corrected chi connectivity index (χ0v) is 15.6. The molecule has 5 heteroatoms. The number of aromatic nitrogens is 1. The van der Waals surface area contributed by atoms with E-state index in [4.69, 9.17) is 9.47 Å². The van der Waals surface area contributed by atoms with E-state index in [0.29, 0.717) is 12.4 Å². The number of carbonyl (C=O) groups is 1. The molecule has 1 aromatic carbocycles. The minimum absolute atomic E-state index is 0.374. The summed E-state index contributed by atoms with van der Waals surface area (Å²) in [7, 11) is 1.63. The summed E-state index contributed by atoms with van der Waals surface area (Å²) < 4.78 is 10.8. The highest BCUT2D eigenvalue weighted by atomic mass is 16.6. The van der Waals surface area contributed by atoms with Gasteiger partial charge in [0.25, 0.3) is 0 Å². The van der Waals surface area contributed by atoms with Crippen molar-refractivity contribution in [2.24, 2.45) is 0 Å². The average molecular weight is 342 g/mol. The van der Waals surface area contributed by atoms with Gasteiger partial charge in [-0.25, -0.2) is 9.78 Å². The highest BCUT2D eigenvalue weighted by Crippen LogP contribution is 2.21. The van der Waals surface area contributed by atoms with Gasteiger partial charge >= 0.3 is 6.09 Å². The Morgan fingerprint density at radius 2 is 1.80 bits per heavy atom. The largest absolute Gasteiger partial charge is 0.497 e. The monoisotopic (exact) mass is 342 g/mol. The summed E-state index contributed by atoms with van der Waals surface area (Å²) in [5.74, 6) is 1.36. The van der Waals surface area contributed by atoms with Gasteiger partial charge in [-0.1, -0.05) is 19.1 Å². The molecule has 0 aliphatic heterocycles. The van der Waals surface area contributed by atoms with Gasteiger partial charge in [0, 0.05) is 6.20 Å². The van der Waals surface area contributed by atoms with Gasteiger partial charge in [0.2, 0.25) is 0 Å². The van der Waals surface area contributed by atoms with E-state index in [1.54, 1.807) is 18.2 Å². The number of rotatable bonds is 5. The van der Waals surface area contributed by atoms with Gasteiger partial charge in [0.05, 0.1) is 13.7 Å². The Bertz CT molecular complexity index is 706. The smallest absolute Gasteiger partial charge is 0.416 e. The van der Waals surface area contributed by atoms with Crippen LogP contribution in [-0.4, -0.2) is 23.8 Å². The second kappa shape index (κ2) is 8.01. The molecule has 0 fully saturated rings. The molecule has 0 aliphatic carbocycles. The summed E-state index contributed by atoms with van der Waals surface area (Å²) in [6.07, 6.45) is 2.18. The molecule has 1 aromatic heterocycles. The van der Waals surface area contributed by atoms with E-state index >= 15 is 0 Å². The van der Waals surface area contributed by atoms with Crippen LogP contribution in [0.1, 0.15) is 38.8 Å². The van der Waals surface area contributed by atoms with Gasteiger partial charge in [0.15, 0.2) is 0 Å². The molecule has 2 aromatic rings. The molecule has 0 saturated heterocycles. The summed E-state index contributed by atoms with van der Waals surface area (Å²) in [6, 6.07) is 11.5. The molecule has 134 valence electrons. The maximum absolute atomic E-state index is 12.7. The van der Waals surface area contributed by atoms with Gasteiger partial charge in [-0.05, 0) is 62.6 Å². The predicted molar refractivity (Wildman–Crippen MR) is 99.0 cm³/mol. The van der Waals surface area contributed by atoms with Gasteiger partial charge in [-0.2, -0.15) is 0 Å². The predicted octanol–water partition coefficient (Wildman–Crippen LogP) is 4.59. The Morgan fingerprint density at radius 3 is 2.36 bits per heavy atom. The number of benzene rings is 1. The number of amides is 1. The van der Waals surface area contributed by atoms with E-state index in [0.717, 1.165) is 23.3 Å². The molecule has 0 N–H and O–H groups in total. The molecular formula is C20H26N2O3. The summed E-state index contributed by atoms with van der Waals surface area (Å²) in [6.45, 7) is 8.00. The molecule has 2 rings (SSSR count). The van der Waals surface area contributed by atoms with E-state index < -0.39 is 11.7 Å². The van der Waals surface area contributed by atoms with Crippen LogP contribution in [0.5, 0.6) is 5.75 Å². The van der Waals surface area contributed by atoms with Crippen LogP contribution in [0.15, 0.2) is 42.6 Å². The summed E-state index contributed by atoms with van der Waals surface area (Å²) in [5.41, 5.74) is 1.51. The lowest BCUT2D eigenvalue weighted by Crippen LogP contribution is -2.37. The number of pyridine rings is 1. The van der Waals surface area contributed by atoms with Crippen LogP contribution in [-0.2, 0) is 17.7 Å². The van der Waals surface area contributed by atoms with Crippen LogP contribution < -0.4 is 9.64 Å². The van der Waals surface area contributed by atoms with Crippen LogP contribution in [0.2, 0.25) is 0 Å². The fourth-order valence-corrected chi connectivity index (χ4v) is 2.30. The molecule has 0 spiro atoms. The number of anilines is 1. The van der Waals surface area contributed by atoms with Crippen molar-refractivity contribution in [2.75, 3.05) is 12.0 Å². The SMILES string of the molecule is CCc1ccnc(N(Cc2ccc(OC)cc2)C(=O)OC(C)(C)C)c1. The summed E-state index contributed by atoms with van der Waals surface area (Å²) >= 11 is 0. The lowest BCUT2D eigenvalue weighted by atomic mass is 10.2. The Kier molecular flexibility index (Phi) is 6.02. The van der Waals surface area contributed by atoms with Gasteiger partial charge < -0.3 is 9.47 Å². The Hall–Kier alpha value is -2.56. The van der Waals surface area contributed by atoms with Crippen molar-refractivity contribution in [1.82, 2.24) is 4.98 Å². The van der Waals surface area contributed by atoms with E-state index in [1.807, 2.05) is 57.2 Å². The van der Waals surface area contributed by atoms with Crippen LogP contribution in [0.25, 0.3) is 0 Å². The number of carbonyl (C=O) groups excluding carboxylic acids is 1. The van der Waals surface area contributed by atoms with Gasteiger partial charge in [0.1, 0.15) is 17.2 Å². The number of hydrogen-bond donors (Lipinski definition) is 0.